The van der Waals surface area contributed by atoms with Gasteiger partial charge in [-0.25, -0.2) is 0 Å². The van der Waals surface area contributed by atoms with Crippen LogP contribution in [0.3, 0.4) is 0 Å². The van der Waals surface area contributed by atoms with Gasteiger partial charge in [0.05, 0.1) is 0 Å². The maximum atomic E-state index is 10.7. The quantitative estimate of drug-likeness (QED) is 0.487. The molecule has 0 N–H and O–H groups in total. The van der Waals surface area contributed by atoms with Crippen LogP contribution in [0, 0.1) is 5.92 Å². The number of carbonyl (C=O) groups is 1. The molecule has 2 heteroatoms. The molecular formula is C9H17NO. The fourth-order valence-corrected chi connectivity index (χ4v) is 1.22. The van der Waals surface area contributed by atoms with E-state index in [4.69, 9.17) is 0 Å². The summed E-state index contributed by atoms with van der Waals surface area (Å²) in [7, 11) is 0. The Labute approximate surface area is 68.9 Å². The number of hydrogen-bond acceptors (Lipinski definition) is 1. The van der Waals surface area contributed by atoms with Crippen LogP contribution < -0.4 is 0 Å². The van der Waals surface area contributed by atoms with Gasteiger partial charge in [-0.1, -0.05) is 6.92 Å². The third-order valence-corrected chi connectivity index (χ3v) is 1.87. The van der Waals surface area contributed by atoms with Crippen molar-refractivity contribution in [1.29, 1.82) is 0 Å². The first-order valence-corrected chi connectivity index (χ1v) is 3.95. The topological polar surface area (TPSA) is 20.3 Å². The molecule has 0 radical (unpaired) electrons. The summed E-state index contributed by atoms with van der Waals surface area (Å²) in [6.45, 7) is 11.8. The predicted molar refractivity (Wildman–Crippen MR) is 47.3 cm³/mol. The van der Waals surface area contributed by atoms with E-state index in [0.717, 1.165) is 13.1 Å². The molecular weight excluding hydrogens is 138 g/mol. The Balaban J connectivity index is 0.000000461. The van der Waals surface area contributed by atoms with Crippen LogP contribution in [0.1, 0.15) is 20.3 Å². The Morgan fingerprint density at radius 3 is 2.27 bits per heavy atom. The first-order chi connectivity index (χ1) is 5.20. The predicted octanol–water partition coefficient (Wildman–Crippen LogP) is 1.68. The smallest absolute Gasteiger partial charge is 0.219 e. The van der Waals surface area contributed by atoms with Crippen LogP contribution in [0.4, 0.5) is 0 Å². The molecule has 1 fully saturated rings. The minimum Gasteiger partial charge on any atom is -0.343 e. The van der Waals surface area contributed by atoms with Crippen LogP contribution in [0.2, 0.25) is 0 Å². The summed E-state index contributed by atoms with van der Waals surface area (Å²) in [6, 6.07) is 0. The van der Waals surface area contributed by atoms with E-state index < -0.39 is 0 Å². The highest BCUT2D eigenvalue weighted by molar-refractivity contribution is 5.73. The highest BCUT2D eigenvalue weighted by Crippen LogP contribution is 2.14. The number of rotatable bonds is 0. The molecule has 0 bridgehead atoms. The molecule has 0 aromatic heterocycles. The summed E-state index contributed by atoms with van der Waals surface area (Å²) in [6.07, 6.45) is 1.18. The lowest BCUT2D eigenvalue weighted by Gasteiger charge is -2.11. The average molecular weight is 155 g/mol. The minimum absolute atomic E-state index is 0.222. The zero-order chi connectivity index (χ0) is 8.85. The highest BCUT2D eigenvalue weighted by Gasteiger charge is 2.19. The van der Waals surface area contributed by atoms with Crippen molar-refractivity contribution < 1.29 is 4.79 Å². The molecule has 1 rings (SSSR count). The molecule has 0 saturated carbocycles. The molecule has 64 valence electrons. The molecule has 0 aromatic rings. The molecule has 2 nitrogen and oxygen atoms in total. The minimum atomic E-state index is 0.222. The van der Waals surface area contributed by atoms with Crippen molar-refractivity contribution in [1.82, 2.24) is 4.90 Å². The van der Waals surface area contributed by atoms with Crippen molar-refractivity contribution in [3.63, 3.8) is 0 Å². The molecule has 0 spiro atoms. The van der Waals surface area contributed by atoms with Gasteiger partial charge in [-0.15, -0.1) is 13.2 Å². The standard InChI is InChI=1S/C7H13NO.C2H4/c1-6-3-4-8(5-6)7(2)9;1-2/h6H,3-5H2,1-2H3;1-2H2. The van der Waals surface area contributed by atoms with Gasteiger partial charge in [-0.2, -0.15) is 0 Å². The summed E-state index contributed by atoms with van der Waals surface area (Å²) >= 11 is 0. The number of likely N-dealkylation sites (tertiary alicyclic amines) is 1. The maximum Gasteiger partial charge on any atom is 0.219 e. The summed E-state index contributed by atoms with van der Waals surface area (Å²) in [5.41, 5.74) is 0. The van der Waals surface area contributed by atoms with Gasteiger partial charge in [0, 0.05) is 20.0 Å². The Morgan fingerprint density at radius 2 is 2.09 bits per heavy atom. The number of nitrogens with zero attached hydrogens (tertiary/aromatic N) is 1. The summed E-state index contributed by atoms with van der Waals surface area (Å²) < 4.78 is 0. The first-order valence-electron chi connectivity index (χ1n) is 3.95. The monoisotopic (exact) mass is 155 g/mol. The molecule has 1 aliphatic heterocycles. The molecule has 1 aliphatic rings. The van der Waals surface area contributed by atoms with E-state index in [1.165, 1.54) is 6.42 Å². The summed E-state index contributed by atoms with van der Waals surface area (Å²) in [5.74, 6) is 0.938. The van der Waals surface area contributed by atoms with Crippen molar-refractivity contribution in [3.05, 3.63) is 13.2 Å². The molecule has 1 saturated heterocycles. The fraction of sp³-hybridized carbons (Fsp3) is 0.667. The van der Waals surface area contributed by atoms with Gasteiger partial charge in [0.15, 0.2) is 0 Å². The molecule has 1 heterocycles. The van der Waals surface area contributed by atoms with Gasteiger partial charge in [0.25, 0.3) is 0 Å². The van der Waals surface area contributed by atoms with Gasteiger partial charge in [0.2, 0.25) is 5.91 Å². The third-order valence-electron chi connectivity index (χ3n) is 1.87. The SMILES string of the molecule is C=C.CC(=O)N1CCC(C)C1. The van der Waals surface area contributed by atoms with Crippen molar-refractivity contribution in [2.24, 2.45) is 5.92 Å². The Kier molecular flexibility index (Phi) is 4.59. The van der Waals surface area contributed by atoms with E-state index >= 15 is 0 Å². The van der Waals surface area contributed by atoms with Gasteiger partial charge >= 0.3 is 0 Å². The van der Waals surface area contributed by atoms with E-state index in [1.807, 2.05) is 4.90 Å². The van der Waals surface area contributed by atoms with Gasteiger partial charge in [-0.05, 0) is 12.3 Å². The van der Waals surface area contributed by atoms with E-state index in [-0.39, 0.29) is 5.91 Å². The molecule has 0 aliphatic carbocycles. The van der Waals surface area contributed by atoms with Crippen molar-refractivity contribution in [2.75, 3.05) is 13.1 Å². The summed E-state index contributed by atoms with van der Waals surface area (Å²) in [4.78, 5) is 12.6. The van der Waals surface area contributed by atoms with Crippen molar-refractivity contribution >= 4 is 5.91 Å². The highest BCUT2D eigenvalue weighted by atomic mass is 16.2. The lowest BCUT2D eigenvalue weighted by Crippen LogP contribution is -2.25. The largest absolute Gasteiger partial charge is 0.343 e. The fourth-order valence-electron chi connectivity index (χ4n) is 1.22. The van der Waals surface area contributed by atoms with Crippen molar-refractivity contribution in [3.8, 4) is 0 Å². The van der Waals surface area contributed by atoms with Crippen LogP contribution in [-0.2, 0) is 4.79 Å². The number of amides is 1. The van der Waals surface area contributed by atoms with E-state index in [1.54, 1.807) is 6.92 Å². The lowest BCUT2D eigenvalue weighted by atomic mass is 10.2. The Bertz CT molecular complexity index is 134. The summed E-state index contributed by atoms with van der Waals surface area (Å²) in [5, 5.41) is 0. The molecule has 1 atom stereocenters. The van der Waals surface area contributed by atoms with Crippen LogP contribution in [0.15, 0.2) is 13.2 Å². The lowest BCUT2D eigenvalue weighted by molar-refractivity contribution is -0.127. The maximum absolute atomic E-state index is 10.7. The van der Waals surface area contributed by atoms with Gasteiger partial charge < -0.3 is 4.90 Å². The van der Waals surface area contributed by atoms with E-state index in [0.29, 0.717) is 5.92 Å². The Hall–Kier alpha value is -0.790. The average Bonchev–Trinajstić information content (AvgIpc) is 2.40. The van der Waals surface area contributed by atoms with E-state index in [9.17, 15) is 4.79 Å². The van der Waals surface area contributed by atoms with Crippen LogP contribution >= 0.6 is 0 Å². The Morgan fingerprint density at radius 1 is 1.55 bits per heavy atom. The zero-order valence-corrected chi connectivity index (χ0v) is 7.47. The number of hydrogen-bond donors (Lipinski definition) is 0. The molecule has 11 heavy (non-hydrogen) atoms. The molecule has 0 aromatic carbocycles. The second-order valence-corrected chi connectivity index (χ2v) is 2.86. The van der Waals surface area contributed by atoms with Gasteiger partial charge in [-0.3, -0.25) is 4.79 Å². The van der Waals surface area contributed by atoms with Gasteiger partial charge in [0.1, 0.15) is 0 Å². The normalized spacial score (nSPS) is 22.4. The van der Waals surface area contributed by atoms with Crippen molar-refractivity contribution in [2.45, 2.75) is 20.3 Å². The first kappa shape index (κ1) is 10.2. The molecule has 1 amide bonds. The van der Waals surface area contributed by atoms with E-state index in [2.05, 4.69) is 20.1 Å². The van der Waals surface area contributed by atoms with Crippen LogP contribution in [0.25, 0.3) is 0 Å². The number of carbonyl (C=O) groups excluding carboxylic acids is 1. The third kappa shape index (κ3) is 3.21. The van der Waals surface area contributed by atoms with Crippen LogP contribution in [0.5, 0.6) is 0 Å². The van der Waals surface area contributed by atoms with Crippen LogP contribution in [-0.4, -0.2) is 23.9 Å². The second-order valence-electron chi connectivity index (χ2n) is 2.86. The second kappa shape index (κ2) is 4.94. The zero-order valence-electron chi connectivity index (χ0n) is 7.47. The molecule has 1 unspecified atom stereocenters.